The van der Waals surface area contributed by atoms with E-state index in [4.69, 9.17) is 10.8 Å². The second-order valence-corrected chi connectivity index (χ2v) is 4.42. The third kappa shape index (κ3) is 3.75. The van der Waals surface area contributed by atoms with E-state index in [0.29, 0.717) is 17.7 Å². The standard InChI is InChI=1S/C13H20N2O2/c1-9(2)12(7-8-16)15-13(17)10-5-3-4-6-11(10)14/h3-6,9,12,16H,7-8,14H2,1-2H3,(H,15,17). The highest BCUT2D eigenvalue weighted by molar-refractivity contribution is 5.99. The predicted octanol–water partition coefficient (Wildman–Crippen LogP) is 1.41. The Morgan fingerprint density at radius 2 is 2.06 bits per heavy atom. The molecule has 1 amide bonds. The number of carbonyl (C=O) groups is 1. The number of hydrogen-bond acceptors (Lipinski definition) is 3. The number of nitrogen functional groups attached to an aromatic ring is 1. The molecular formula is C13H20N2O2. The van der Waals surface area contributed by atoms with Crippen molar-refractivity contribution in [2.24, 2.45) is 5.92 Å². The monoisotopic (exact) mass is 236 g/mol. The zero-order valence-corrected chi connectivity index (χ0v) is 10.3. The lowest BCUT2D eigenvalue weighted by Gasteiger charge is -2.21. The lowest BCUT2D eigenvalue weighted by atomic mass is 10.0. The number of nitrogens with one attached hydrogen (secondary N) is 1. The van der Waals surface area contributed by atoms with Crippen LogP contribution in [-0.2, 0) is 0 Å². The topological polar surface area (TPSA) is 75.3 Å². The molecule has 0 heterocycles. The molecule has 0 aliphatic carbocycles. The third-order valence-corrected chi connectivity index (χ3v) is 2.77. The zero-order valence-electron chi connectivity index (χ0n) is 10.3. The van der Waals surface area contributed by atoms with E-state index in [1.54, 1.807) is 24.3 Å². The molecule has 4 heteroatoms. The van der Waals surface area contributed by atoms with Crippen LogP contribution >= 0.6 is 0 Å². The fourth-order valence-corrected chi connectivity index (χ4v) is 1.66. The molecule has 0 saturated heterocycles. The van der Waals surface area contributed by atoms with Gasteiger partial charge in [0.15, 0.2) is 0 Å². The minimum Gasteiger partial charge on any atom is -0.398 e. The van der Waals surface area contributed by atoms with Crippen molar-refractivity contribution >= 4 is 11.6 Å². The number of hydrogen-bond donors (Lipinski definition) is 3. The van der Waals surface area contributed by atoms with E-state index < -0.39 is 0 Å². The first-order chi connectivity index (χ1) is 8.06. The van der Waals surface area contributed by atoms with Gasteiger partial charge in [0.1, 0.15) is 0 Å². The summed E-state index contributed by atoms with van der Waals surface area (Å²) in [6.45, 7) is 4.08. The Morgan fingerprint density at radius 1 is 1.41 bits per heavy atom. The van der Waals surface area contributed by atoms with Gasteiger partial charge in [-0.2, -0.15) is 0 Å². The largest absolute Gasteiger partial charge is 0.398 e. The molecule has 4 nitrogen and oxygen atoms in total. The molecule has 94 valence electrons. The molecule has 4 N–H and O–H groups in total. The van der Waals surface area contributed by atoms with Crippen LogP contribution in [0.4, 0.5) is 5.69 Å². The molecule has 0 saturated carbocycles. The Labute approximate surface area is 102 Å². The van der Waals surface area contributed by atoms with Gasteiger partial charge in [0.25, 0.3) is 5.91 Å². The van der Waals surface area contributed by atoms with Crippen molar-refractivity contribution in [3.8, 4) is 0 Å². The fraction of sp³-hybridized carbons (Fsp3) is 0.462. The molecule has 1 unspecified atom stereocenters. The Morgan fingerprint density at radius 3 is 2.59 bits per heavy atom. The van der Waals surface area contributed by atoms with E-state index in [-0.39, 0.29) is 24.5 Å². The summed E-state index contributed by atoms with van der Waals surface area (Å²) in [5.41, 5.74) is 6.69. The van der Waals surface area contributed by atoms with Gasteiger partial charge in [-0.15, -0.1) is 0 Å². The van der Waals surface area contributed by atoms with Gasteiger partial charge in [-0.1, -0.05) is 26.0 Å². The number of anilines is 1. The molecule has 1 atom stereocenters. The van der Waals surface area contributed by atoms with Crippen LogP contribution in [0.1, 0.15) is 30.6 Å². The van der Waals surface area contributed by atoms with E-state index in [1.807, 2.05) is 13.8 Å². The summed E-state index contributed by atoms with van der Waals surface area (Å²) >= 11 is 0. The molecule has 1 aromatic carbocycles. The van der Waals surface area contributed by atoms with E-state index in [0.717, 1.165) is 0 Å². The average molecular weight is 236 g/mol. The molecule has 0 fully saturated rings. The summed E-state index contributed by atoms with van der Waals surface area (Å²) in [5, 5.41) is 11.8. The smallest absolute Gasteiger partial charge is 0.253 e. The summed E-state index contributed by atoms with van der Waals surface area (Å²) in [6, 6.07) is 6.93. The van der Waals surface area contributed by atoms with Gasteiger partial charge < -0.3 is 16.2 Å². The molecule has 17 heavy (non-hydrogen) atoms. The number of aliphatic hydroxyl groups excluding tert-OH is 1. The van der Waals surface area contributed by atoms with Crippen LogP contribution in [0, 0.1) is 5.92 Å². The second kappa shape index (κ2) is 6.25. The lowest BCUT2D eigenvalue weighted by Crippen LogP contribution is -2.39. The van der Waals surface area contributed by atoms with Crippen molar-refractivity contribution in [2.45, 2.75) is 26.3 Å². The second-order valence-electron chi connectivity index (χ2n) is 4.42. The van der Waals surface area contributed by atoms with Crippen LogP contribution in [0.2, 0.25) is 0 Å². The maximum atomic E-state index is 12.0. The van der Waals surface area contributed by atoms with Gasteiger partial charge in [0, 0.05) is 18.3 Å². The SMILES string of the molecule is CC(C)C(CCO)NC(=O)c1ccccc1N. The third-order valence-electron chi connectivity index (χ3n) is 2.77. The van der Waals surface area contributed by atoms with E-state index in [2.05, 4.69) is 5.32 Å². The molecule has 0 radical (unpaired) electrons. The average Bonchev–Trinajstić information content (AvgIpc) is 2.28. The first-order valence-electron chi connectivity index (χ1n) is 5.82. The zero-order chi connectivity index (χ0) is 12.8. The van der Waals surface area contributed by atoms with Crippen molar-refractivity contribution in [2.75, 3.05) is 12.3 Å². The minimum atomic E-state index is -0.185. The van der Waals surface area contributed by atoms with Gasteiger partial charge in [-0.3, -0.25) is 4.79 Å². The molecule has 0 bridgehead atoms. The highest BCUT2D eigenvalue weighted by Gasteiger charge is 2.17. The highest BCUT2D eigenvalue weighted by atomic mass is 16.3. The summed E-state index contributed by atoms with van der Waals surface area (Å²) in [5.74, 6) is 0.0892. The number of amides is 1. The van der Waals surface area contributed by atoms with Crippen LogP contribution in [0.5, 0.6) is 0 Å². The Bertz CT molecular complexity index is 377. The summed E-state index contributed by atoms with van der Waals surface area (Å²) in [6.07, 6.45) is 0.552. The molecule has 0 aromatic heterocycles. The Balaban J connectivity index is 2.74. The Hall–Kier alpha value is -1.55. The molecule has 1 rings (SSSR count). The normalized spacial score (nSPS) is 12.5. The van der Waals surface area contributed by atoms with Crippen LogP contribution in [-0.4, -0.2) is 23.7 Å². The van der Waals surface area contributed by atoms with Crippen LogP contribution in [0.25, 0.3) is 0 Å². The molecular weight excluding hydrogens is 216 g/mol. The Kier molecular flexibility index (Phi) is 4.97. The predicted molar refractivity (Wildman–Crippen MR) is 68.6 cm³/mol. The minimum absolute atomic E-state index is 0.0351. The molecule has 0 spiro atoms. The van der Waals surface area contributed by atoms with Crippen molar-refractivity contribution < 1.29 is 9.90 Å². The number of aliphatic hydroxyl groups is 1. The maximum absolute atomic E-state index is 12.0. The number of rotatable bonds is 5. The van der Waals surface area contributed by atoms with Crippen molar-refractivity contribution in [1.82, 2.24) is 5.32 Å². The molecule has 1 aromatic rings. The fourth-order valence-electron chi connectivity index (χ4n) is 1.66. The van der Waals surface area contributed by atoms with Gasteiger partial charge in [-0.05, 0) is 24.5 Å². The number of benzene rings is 1. The first kappa shape index (κ1) is 13.5. The highest BCUT2D eigenvalue weighted by Crippen LogP contribution is 2.12. The molecule has 0 aliphatic rings. The van der Waals surface area contributed by atoms with Gasteiger partial charge in [0.05, 0.1) is 5.56 Å². The van der Waals surface area contributed by atoms with Crippen LogP contribution in [0.15, 0.2) is 24.3 Å². The van der Waals surface area contributed by atoms with E-state index >= 15 is 0 Å². The summed E-state index contributed by atoms with van der Waals surface area (Å²) in [7, 11) is 0. The van der Waals surface area contributed by atoms with Crippen LogP contribution < -0.4 is 11.1 Å². The quantitative estimate of drug-likeness (QED) is 0.676. The summed E-state index contributed by atoms with van der Waals surface area (Å²) < 4.78 is 0. The number of nitrogens with two attached hydrogens (primary N) is 1. The lowest BCUT2D eigenvalue weighted by molar-refractivity contribution is 0.0917. The number of carbonyl (C=O) groups excluding carboxylic acids is 1. The van der Waals surface area contributed by atoms with E-state index in [9.17, 15) is 4.79 Å². The maximum Gasteiger partial charge on any atom is 0.253 e. The number of para-hydroxylation sites is 1. The van der Waals surface area contributed by atoms with Crippen molar-refractivity contribution in [3.63, 3.8) is 0 Å². The van der Waals surface area contributed by atoms with Gasteiger partial charge in [0.2, 0.25) is 0 Å². The van der Waals surface area contributed by atoms with Crippen molar-refractivity contribution in [1.29, 1.82) is 0 Å². The van der Waals surface area contributed by atoms with Crippen molar-refractivity contribution in [3.05, 3.63) is 29.8 Å². The first-order valence-corrected chi connectivity index (χ1v) is 5.82. The van der Waals surface area contributed by atoms with Gasteiger partial charge in [-0.25, -0.2) is 0 Å². The summed E-state index contributed by atoms with van der Waals surface area (Å²) in [4.78, 5) is 12.0. The van der Waals surface area contributed by atoms with E-state index in [1.165, 1.54) is 0 Å². The van der Waals surface area contributed by atoms with Gasteiger partial charge >= 0.3 is 0 Å². The molecule has 0 aliphatic heterocycles. The van der Waals surface area contributed by atoms with Crippen LogP contribution in [0.3, 0.4) is 0 Å².